The number of rotatable bonds is 4. The van der Waals surface area contributed by atoms with Crippen LogP contribution in [0.4, 0.5) is 5.69 Å². The molecule has 1 fully saturated rings. The zero-order valence-electron chi connectivity index (χ0n) is 13.8. The van der Waals surface area contributed by atoms with Crippen molar-refractivity contribution in [3.05, 3.63) is 28.8 Å². The summed E-state index contributed by atoms with van der Waals surface area (Å²) >= 11 is 6.06. The highest BCUT2D eigenvalue weighted by molar-refractivity contribution is 6.31. The summed E-state index contributed by atoms with van der Waals surface area (Å²) in [4.78, 5) is 26.7. The van der Waals surface area contributed by atoms with E-state index in [0.717, 1.165) is 19.3 Å². The maximum Gasteiger partial charge on any atom is 0.256 e. The van der Waals surface area contributed by atoms with Crippen molar-refractivity contribution in [1.82, 2.24) is 4.90 Å². The first-order valence-corrected chi connectivity index (χ1v) is 8.22. The molecule has 5 nitrogen and oxygen atoms in total. The van der Waals surface area contributed by atoms with Gasteiger partial charge in [-0.05, 0) is 51.3 Å². The predicted molar refractivity (Wildman–Crippen MR) is 90.9 cm³/mol. The fraction of sp³-hybridized carbons (Fsp3) is 0.529. The Labute approximate surface area is 141 Å². The first-order chi connectivity index (χ1) is 10.9. The van der Waals surface area contributed by atoms with Gasteiger partial charge < -0.3 is 15.0 Å². The van der Waals surface area contributed by atoms with Gasteiger partial charge in [0.05, 0.1) is 11.3 Å². The molecule has 1 N–H and O–H groups in total. The SMILES string of the molecule is COCC(=O)Nc1ccc(Cl)cc1C(=O)N1C(C)CCCC1C. The van der Waals surface area contributed by atoms with Crippen LogP contribution < -0.4 is 5.32 Å². The summed E-state index contributed by atoms with van der Waals surface area (Å²) in [5, 5.41) is 3.19. The smallest absolute Gasteiger partial charge is 0.256 e. The van der Waals surface area contributed by atoms with Gasteiger partial charge in [-0.2, -0.15) is 0 Å². The molecule has 1 aromatic carbocycles. The Hall–Kier alpha value is -1.59. The highest BCUT2D eigenvalue weighted by Gasteiger charge is 2.31. The lowest BCUT2D eigenvalue weighted by atomic mass is 9.96. The summed E-state index contributed by atoms with van der Waals surface area (Å²) < 4.78 is 4.82. The third-order valence-electron chi connectivity index (χ3n) is 4.19. The van der Waals surface area contributed by atoms with Gasteiger partial charge in [-0.3, -0.25) is 9.59 Å². The molecule has 2 amide bonds. The van der Waals surface area contributed by atoms with Crippen molar-refractivity contribution < 1.29 is 14.3 Å². The molecule has 2 unspecified atom stereocenters. The van der Waals surface area contributed by atoms with Crippen molar-refractivity contribution in [3.8, 4) is 0 Å². The predicted octanol–water partition coefficient (Wildman–Crippen LogP) is 3.33. The third-order valence-corrected chi connectivity index (χ3v) is 4.42. The normalized spacial score (nSPS) is 21.1. The van der Waals surface area contributed by atoms with Crippen molar-refractivity contribution in [3.63, 3.8) is 0 Å². The number of nitrogens with zero attached hydrogens (tertiary/aromatic N) is 1. The van der Waals surface area contributed by atoms with Crippen molar-refractivity contribution in [2.24, 2.45) is 0 Å². The van der Waals surface area contributed by atoms with Gasteiger partial charge in [0, 0.05) is 24.2 Å². The molecule has 1 aromatic rings. The van der Waals surface area contributed by atoms with E-state index < -0.39 is 0 Å². The molecule has 0 radical (unpaired) electrons. The van der Waals surface area contributed by atoms with Crippen molar-refractivity contribution in [2.45, 2.75) is 45.2 Å². The number of hydrogen-bond donors (Lipinski definition) is 1. The lowest BCUT2D eigenvalue weighted by molar-refractivity contribution is -0.119. The van der Waals surface area contributed by atoms with Crippen molar-refractivity contribution >= 4 is 29.1 Å². The quantitative estimate of drug-likeness (QED) is 0.916. The Balaban J connectivity index is 2.31. The number of amides is 2. The zero-order valence-corrected chi connectivity index (χ0v) is 14.5. The summed E-state index contributed by atoms with van der Waals surface area (Å²) in [6.07, 6.45) is 3.10. The molecule has 126 valence electrons. The largest absolute Gasteiger partial charge is 0.375 e. The molecule has 0 saturated carbocycles. The lowest BCUT2D eigenvalue weighted by Gasteiger charge is -2.39. The van der Waals surface area contributed by atoms with E-state index in [1.54, 1.807) is 18.2 Å². The molecule has 1 heterocycles. The number of halogens is 1. The van der Waals surface area contributed by atoms with Gasteiger partial charge in [0.25, 0.3) is 5.91 Å². The van der Waals surface area contributed by atoms with E-state index in [-0.39, 0.29) is 30.5 Å². The van der Waals surface area contributed by atoms with Gasteiger partial charge in [-0.15, -0.1) is 0 Å². The van der Waals surface area contributed by atoms with E-state index in [0.29, 0.717) is 16.3 Å². The second-order valence-corrected chi connectivity index (χ2v) is 6.45. The third kappa shape index (κ3) is 4.24. The number of likely N-dealkylation sites (tertiary alicyclic amines) is 1. The number of methoxy groups -OCH3 is 1. The average Bonchev–Trinajstić information content (AvgIpc) is 2.49. The van der Waals surface area contributed by atoms with E-state index in [9.17, 15) is 9.59 Å². The van der Waals surface area contributed by atoms with Crippen LogP contribution in [0.25, 0.3) is 0 Å². The summed E-state index contributed by atoms with van der Waals surface area (Å²) in [5.41, 5.74) is 0.883. The Morgan fingerprint density at radius 1 is 1.30 bits per heavy atom. The molecule has 23 heavy (non-hydrogen) atoms. The molecular weight excluding hydrogens is 316 g/mol. The van der Waals surface area contributed by atoms with E-state index in [1.165, 1.54) is 7.11 Å². The van der Waals surface area contributed by atoms with Crippen LogP contribution in [-0.2, 0) is 9.53 Å². The van der Waals surface area contributed by atoms with Gasteiger partial charge in [-0.25, -0.2) is 0 Å². The standard InChI is InChI=1S/C17H23ClN2O3/c1-11-5-4-6-12(2)20(11)17(22)14-9-13(18)7-8-15(14)19-16(21)10-23-3/h7-9,11-12H,4-6,10H2,1-3H3,(H,19,21). The Bertz CT molecular complexity index is 581. The first-order valence-electron chi connectivity index (χ1n) is 7.85. The molecule has 0 bridgehead atoms. The summed E-state index contributed by atoms with van der Waals surface area (Å²) in [7, 11) is 1.45. The molecule has 2 atom stereocenters. The minimum atomic E-state index is -0.302. The summed E-state index contributed by atoms with van der Waals surface area (Å²) in [5.74, 6) is -0.400. The summed E-state index contributed by atoms with van der Waals surface area (Å²) in [6, 6.07) is 5.27. The van der Waals surface area contributed by atoms with Crippen LogP contribution in [0.15, 0.2) is 18.2 Å². The number of ether oxygens (including phenoxy) is 1. The van der Waals surface area contributed by atoms with Gasteiger partial charge >= 0.3 is 0 Å². The number of anilines is 1. The zero-order chi connectivity index (χ0) is 17.0. The van der Waals surface area contributed by atoms with E-state index >= 15 is 0 Å². The van der Waals surface area contributed by atoms with Crippen LogP contribution in [0, 0.1) is 0 Å². The number of benzene rings is 1. The lowest BCUT2D eigenvalue weighted by Crippen LogP contribution is -2.47. The topological polar surface area (TPSA) is 58.6 Å². The molecule has 1 aliphatic rings. The van der Waals surface area contributed by atoms with E-state index in [4.69, 9.17) is 16.3 Å². The molecule has 1 aliphatic heterocycles. The second-order valence-electron chi connectivity index (χ2n) is 6.01. The molecule has 1 saturated heterocycles. The number of nitrogens with one attached hydrogen (secondary N) is 1. The van der Waals surface area contributed by atoms with Crippen LogP contribution in [0.3, 0.4) is 0 Å². The molecule has 0 spiro atoms. The Morgan fingerprint density at radius 3 is 2.57 bits per heavy atom. The molecular formula is C17H23ClN2O3. The van der Waals surface area contributed by atoms with Crippen molar-refractivity contribution in [1.29, 1.82) is 0 Å². The minimum Gasteiger partial charge on any atom is -0.375 e. The number of carbonyl (C=O) groups is 2. The highest BCUT2D eigenvalue weighted by Crippen LogP contribution is 2.28. The van der Waals surface area contributed by atoms with Crippen LogP contribution in [0.1, 0.15) is 43.5 Å². The Morgan fingerprint density at radius 2 is 1.96 bits per heavy atom. The monoisotopic (exact) mass is 338 g/mol. The number of hydrogen-bond acceptors (Lipinski definition) is 3. The molecule has 0 aliphatic carbocycles. The fourth-order valence-corrected chi connectivity index (χ4v) is 3.25. The molecule has 0 aromatic heterocycles. The van der Waals surface area contributed by atoms with Crippen molar-refractivity contribution in [2.75, 3.05) is 19.0 Å². The van der Waals surface area contributed by atoms with Crippen LogP contribution in [-0.4, -0.2) is 42.5 Å². The van der Waals surface area contributed by atoms with E-state index in [1.807, 2.05) is 4.90 Å². The fourth-order valence-electron chi connectivity index (χ4n) is 3.08. The molecule has 2 rings (SSSR count). The van der Waals surface area contributed by atoms with Gasteiger partial charge in [0.15, 0.2) is 0 Å². The molecule has 6 heteroatoms. The van der Waals surface area contributed by atoms with Gasteiger partial charge in [-0.1, -0.05) is 11.6 Å². The minimum absolute atomic E-state index is 0.0627. The maximum atomic E-state index is 13.0. The maximum absolute atomic E-state index is 13.0. The van der Waals surface area contributed by atoms with Gasteiger partial charge in [0.1, 0.15) is 6.61 Å². The number of carbonyl (C=O) groups excluding carboxylic acids is 2. The van der Waals surface area contributed by atoms with E-state index in [2.05, 4.69) is 19.2 Å². The Kier molecular flexibility index (Phi) is 6.02. The average molecular weight is 339 g/mol. The van der Waals surface area contributed by atoms with Crippen LogP contribution in [0.2, 0.25) is 5.02 Å². The second kappa shape index (κ2) is 7.79. The summed E-state index contributed by atoms with van der Waals surface area (Å²) in [6.45, 7) is 4.05. The number of piperidine rings is 1. The first kappa shape index (κ1) is 17.8. The highest BCUT2D eigenvalue weighted by atomic mass is 35.5. The van der Waals surface area contributed by atoms with Crippen LogP contribution in [0.5, 0.6) is 0 Å². The van der Waals surface area contributed by atoms with Crippen LogP contribution >= 0.6 is 11.6 Å². The van der Waals surface area contributed by atoms with Gasteiger partial charge in [0.2, 0.25) is 5.91 Å².